The molecule has 9 heteroatoms. The molecule has 1 fully saturated rings. The second-order valence-corrected chi connectivity index (χ2v) is 10.0. The third kappa shape index (κ3) is 4.27. The molecule has 0 spiro atoms. The van der Waals surface area contributed by atoms with Gasteiger partial charge in [0, 0.05) is 54.6 Å². The van der Waals surface area contributed by atoms with E-state index >= 15 is 0 Å². The fourth-order valence-corrected chi connectivity index (χ4v) is 5.09. The summed E-state index contributed by atoms with van der Waals surface area (Å²) in [6, 6.07) is 4.19. The van der Waals surface area contributed by atoms with Crippen molar-refractivity contribution in [3.8, 4) is 11.3 Å². The van der Waals surface area contributed by atoms with Crippen molar-refractivity contribution in [3.05, 3.63) is 33.6 Å². The number of pyridine rings is 1. The molecule has 0 bridgehead atoms. The molecule has 0 radical (unpaired) electrons. The first-order chi connectivity index (χ1) is 15.3. The first-order valence-electron chi connectivity index (χ1n) is 11.0. The molecule has 170 valence electrons. The smallest absolute Gasteiger partial charge is 0.254 e. The zero-order valence-corrected chi connectivity index (χ0v) is 20.1. The molecule has 1 aliphatic heterocycles. The minimum atomic E-state index is -0.00819. The molecule has 4 heterocycles. The number of nitrogens with zero attached hydrogens (tertiary/aromatic N) is 5. The van der Waals surface area contributed by atoms with Gasteiger partial charge in [0.1, 0.15) is 0 Å². The number of nitrogens with one attached hydrogen (secondary N) is 1. The quantitative estimate of drug-likeness (QED) is 0.641. The molecule has 2 amide bonds. The number of carbonyl (C=O) groups excluding carboxylic acids is 2. The van der Waals surface area contributed by atoms with Crippen LogP contribution in [0.4, 0.5) is 0 Å². The summed E-state index contributed by atoms with van der Waals surface area (Å²) < 4.78 is 1.88. The van der Waals surface area contributed by atoms with Gasteiger partial charge >= 0.3 is 0 Å². The summed E-state index contributed by atoms with van der Waals surface area (Å²) in [7, 11) is 1.64. The highest BCUT2D eigenvalue weighted by Gasteiger charge is 2.26. The van der Waals surface area contributed by atoms with Gasteiger partial charge in [0.15, 0.2) is 5.65 Å². The van der Waals surface area contributed by atoms with E-state index in [1.54, 1.807) is 24.6 Å². The predicted octanol–water partition coefficient (Wildman–Crippen LogP) is 2.86. The zero-order chi connectivity index (χ0) is 23.0. The summed E-state index contributed by atoms with van der Waals surface area (Å²) in [6.07, 6.45) is 1.76. The van der Waals surface area contributed by atoms with Crippen LogP contribution in [0.25, 0.3) is 22.3 Å². The minimum absolute atomic E-state index is 0.00668. The van der Waals surface area contributed by atoms with E-state index in [9.17, 15) is 9.59 Å². The highest BCUT2D eigenvalue weighted by atomic mass is 32.1. The van der Waals surface area contributed by atoms with Crippen LogP contribution in [-0.4, -0.2) is 76.2 Å². The van der Waals surface area contributed by atoms with E-state index < -0.39 is 0 Å². The Balaban J connectivity index is 1.69. The van der Waals surface area contributed by atoms with E-state index in [-0.39, 0.29) is 17.9 Å². The van der Waals surface area contributed by atoms with Gasteiger partial charge in [0.05, 0.1) is 29.4 Å². The van der Waals surface area contributed by atoms with E-state index in [4.69, 9.17) is 4.98 Å². The van der Waals surface area contributed by atoms with Gasteiger partial charge in [-0.1, -0.05) is 0 Å². The van der Waals surface area contributed by atoms with Crippen LogP contribution in [0.2, 0.25) is 0 Å². The van der Waals surface area contributed by atoms with Crippen LogP contribution in [0.15, 0.2) is 18.3 Å². The molecule has 1 saturated heterocycles. The number of fused-ring (bicyclic) bond motifs is 1. The summed E-state index contributed by atoms with van der Waals surface area (Å²) in [5.41, 5.74) is 3.25. The van der Waals surface area contributed by atoms with Crippen molar-refractivity contribution in [1.29, 1.82) is 0 Å². The summed E-state index contributed by atoms with van der Waals surface area (Å²) in [5, 5.41) is 7.97. The summed E-state index contributed by atoms with van der Waals surface area (Å²) in [6.45, 7) is 11.2. The summed E-state index contributed by atoms with van der Waals surface area (Å²) in [5.74, 6) is -0.0149. The molecule has 3 aromatic rings. The fourth-order valence-electron chi connectivity index (χ4n) is 4.16. The Morgan fingerprint density at radius 2 is 1.88 bits per heavy atom. The third-order valence-electron chi connectivity index (χ3n) is 5.91. The largest absolute Gasteiger partial charge is 0.358 e. The van der Waals surface area contributed by atoms with Gasteiger partial charge in [-0.05, 0) is 39.8 Å². The Kier molecular flexibility index (Phi) is 6.30. The van der Waals surface area contributed by atoms with Crippen LogP contribution in [0.1, 0.15) is 40.0 Å². The first kappa shape index (κ1) is 22.4. The van der Waals surface area contributed by atoms with Crippen molar-refractivity contribution in [2.45, 2.75) is 33.7 Å². The number of hydrogen-bond donors (Lipinski definition) is 1. The molecule has 0 atom stereocenters. The minimum Gasteiger partial charge on any atom is -0.358 e. The molecule has 4 rings (SSSR count). The molecular formula is C23H30N6O2S. The van der Waals surface area contributed by atoms with Crippen molar-refractivity contribution in [1.82, 2.24) is 29.9 Å². The Hall–Kier alpha value is -2.78. The standard InChI is InChI=1S/C23H30N6O2S/c1-14(2)29-22-19(12-25-29)18(11-20(26-22)17-10-15(3)32-16(17)4)23(31)28-8-6-27(7-9-28)13-21(30)24-5/h10-12,14H,6-9,13H2,1-5H3,(H,24,30). The number of piperazine rings is 1. The van der Waals surface area contributed by atoms with Crippen LogP contribution in [0, 0.1) is 13.8 Å². The van der Waals surface area contributed by atoms with E-state index in [0.29, 0.717) is 38.3 Å². The molecule has 0 unspecified atom stereocenters. The van der Waals surface area contributed by atoms with Crippen molar-refractivity contribution >= 4 is 34.2 Å². The van der Waals surface area contributed by atoms with Gasteiger partial charge in [-0.15, -0.1) is 11.3 Å². The zero-order valence-electron chi connectivity index (χ0n) is 19.3. The van der Waals surface area contributed by atoms with Crippen molar-refractivity contribution in [2.75, 3.05) is 39.8 Å². The van der Waals surface area contributed by atoms with Gasteiger partial charge in [-0.2, -0.15) is 5.10 Å². The second-order valence-electron chi connectivity index (χ2n) is 8.54. The van der Waals surface area contributed by atoms with Gasteiger partial charge in [-0.25, -0.2) is 9.67 Å². The number of aromatic nitrogens is 3. The van der Waals surface area contributed by atoms with Crippen molar-refractivity contribution in [2.24, 2.45) is 0 Å². The number of carbonyl (C=O) groups is 2. The fraction of sp³-hybridized carbons (Fsp3) is 0.478. The number of thiophene rings is 1. The van der Waals surface area contributed by atoms with Crippen molar-refractivity contribution in [3.63, 3.8) is 0 Å². The Morgan fingerprint density at radius 1 is 1.16 bits per heavy atom. The third-order valence-corrected chi connectivity index (χ3v) is 6.87. The first-order valence-corrected chi connectivity index (χ1v) is 11.8. The van der Waals surface area contributed by atoms with E-state index in [2.05, 4.69) is 49.1 Å². The second kappa shape index (κ2) is 8.99. The Bertz CT molecular complexity index is 1160. The number of rotatable bonds is 5. The molecule has 3 aromatic heterocycles. The molecule has 1 aliphatic rings. The molecule has 8 nitrogen and oxygen atoms in total. The van der Waals surface area contributed by atoms with Gasteiger partial charge in [-0.3, -0.25) is 14.5 Å². The predicted molar refractivity (Wildman–Crippen MR) is 127 cm³/mol. The van der Waals surface area contributed by atoms with E-state index in [1.165, 1.54) is 9.75 Å². The van der Waals surface area contributed by atoms with Gasteiger partial charge in [0.25, 0.3) is 5.91 Å². The van der Waals surface area contributed by atoms with Crippen LogP contribution < -0.4 is 5.32 Å². The number of aryl methyl sites for hydroxylation is 2. The topological polar surface area (TPSA) is 83.4 Å². The lowest BCUT2D eigenvalue weighted by atomic mass is 10.1. The van der Waals surface area contributed by atoms with Crippen LogP contribution in [0.5, 0.6) is 0 Å². The number of amides is 2. The van der Waals surface area contributed by atoms with E-state index in [1.807, 2.05) is 15.6 Å². The van der Waals surface area contributed by atoms with Crippen LogP contribution >= 0.6 is 11.3 Å². The lowest BCUT2D eigenvalue weighted by molar-refractivity contribution is -0.122. The van der Waals surface area contributed by atoms with E-state index in [0.717, 1.165) is 22.3 Å². The Morgan fingerprint density at radius 3 is 2.47 bits per heavy atom. The lowest BCUT2D eigenvalue weighted by Crippen LogP contribution is -2.50. The number of likely N-dealkylation sites (N-methyl/N-ethyl adjacent to an activating group) is 1. The maximum atomic E-state index is 13.6. The lowest BCUT2D eigenvalue weighted by Gasteiger charge is -2.34. The normalized spacial score (nSPS) is 15.0. The summed E-state index contributed by atoms with van der Waals surface area (Å²) in [4.78, 5) is 36.6. The molecule has 0 saturated carbocycles. The summed E-state index contributed by atoms with van der Waals surface area (Å²) >= 11 is 1.74. The highest BCUT2D eigenvalue weighted by molar-refractivity contribution is 7.12. The molecule has 32 heavy (non-hydrogen) atoms. The highest BCUT2D eigenvalue weighted by Crippen LogP contribution is 2.33. The number of hydrogen-bond acceptors (Lipinski definition) is 6. The average Bonchev–Trinajstić information content (AvgIpc) is 3.35. The maximum absolute atomic E-state index is 13.6. The monoisotopic (exact) mass is 454 g/mol. The maximum Gasteiger partial charge on any atom is 0.254 e. The average molecular weight is 455 g/mol. The molecular weight excluding hydrogens is 424 g/mol. The van der Waals surface area contributed by atoms with Crippen LogP contribution in [0.3, 0.4) is 0 Å². The van der Waals surface area contributed by atoms with Gasteiger partial charge < -0.3 is 10.2 Å². The SMILES string of the molecule is CNC(=O)CN1CCN(C(=O)c2cc(-c3cc(C)sc3C)nc3c2cnn3C(C)C)CC1. The van der Waals surface area contributed by atoms with Crippen LogP contribution in [-0.2, 0) is 4.79 Å². The Labute approximate surface area is 192 Å². The molecule has 1 N–H and O–H groups in total. The molecule has 0 aromatic carbocycles. The van der Waals surface area contributed by atoms with Gasteiger partial charge in [0.2, 0.25) is 5.91 Å². The van der Waals surface area contributed by atoms with Crippen molar-refractivity contribution < 1.29 is 9.59 Å². The molecule has 0 aliphatic carbocycles.